The fourth-order valence-corrected chi connectivity index (χ4v) is 7.17. The van der Waals surface area contributed by atoms with Crippen molar-refractivity contribution in [2.45, 2.75) is 88.7 Å². The smallest absolute Gasteiger partial charge is 0.210 e. The number of rotatable bonds is 3. The van der Waals surface area contributed by atoms with Crippen LogP contribution in [0.4, 0.5) is 5.69 Å². The van der Waals surface area contributed by atoms with Gasteiger partial charge in [-0.15, -0.1) is 0 Å². The maximum atomic E-state index is 6.87. The number of nitrogens with one attached hydrogen (secondary N) is 1. The maximum absolute atomic E-state index is 6.87. The molecule has 4 bridgehead atoms. The summed E-state index contributed by atoms with van der Waals surface area (Å²) in [7, 11) is 0. The highest BCUT2D eigenvalue weighted by Gasteiger charge is 2.67. The van der Waals surface area contributed by atoms with Crippen molar-refractivity contribution >= 4 is 5.69 Å². The fraction of sp³-hybridized carbons (Fsp3) is 0.750. The number of ether oxygens (including phenoxy) is 1. The van der Waals surface area contributed by atoms with E-state index in [1.54, 1.807) is 0 Å². The average molecular weight is 384 g/mol. The quantitative estimate of drug-likeness (QED) is 0.707. The first-order valence-electron chi connectivity index (χ1n) is 11.6. The molecule has 6 aliphatic rings. The highest BCUT2D eigenvalue weighted by atomic mass is 17.3. The van der Waals surface area contributed by atoms with E-state index in [0.29, 0.717) is 17.9 Å². The Balaban J connectivity index is 1.17. The molecule has 0 amide bonds. The van der Waals surface area contributed by atoms with Crippen molar-refractivity contribution in [3.8, 4) is 0 Å². The zero-order chi connectivity index (χ0) is 18.8. The molecular formula is C24H33NO3. The predicted octanol–water partition coefficient (Wildman–Crippen LogP) is 5.43. The zero-order valence-electron chi connectivity index (χ0n) is 17.0. The summed E-state index contributed by atoms with van der Waals surface area (Å²) in [6, 6.07) is 9.21. The minimum Gasteiger partial charge on any atom is -0.382 e. The van der Waals surface area contributed by atoms with Gasteiger partial charge in [0.1, 0.15) is 0 Å². The molecule has 4 nitrogen and oxygen atoms in total. The summed E-state index contributed by atoms with van der Waals surface area (Å²) >= 11 is 0. The third-order valence-corrected chi connectivity index (χ3v) is 8.35. The van der Waals surface area contributed by atoms with Crippen molar-refractivity contribution in [3.63, 3.8) is 0 Å². The predicted molar refractivity (Wildman–Crippen MR) is 107 cm³/mol. The molecule has 7 rings (SSSR count). The van der Waals surface area contributed by atoms with Crippen molar-refractivity contribution in [1.82, 2.24) is 0 Å². The zero-order valence-corrected chi connectivity index (χ0v) is 17.0. The van der Waals surface area contributed by atoms with Crippen LogP contribution in [0.15, 0.2) is 24.3 Å². The van der Waals surface area contributed by atoms with E-state index >= 15 is 0 Å². The molecule has 0 aromatic heterocycles. The lowest BCUT2D eigenvalue weighted by Gasteiger charge is -2.57. The van der Waals surface area contributed by atoms with Crippen molar-refractivity contribution in [2.24, 2.45) is 23.7 Å². The summed E-state index contributed by atoms with van der Waals surface area (Å²) in [5.74, 6) is 1.90. The third-order valence-electron chi connectivity index (χ3n) is 8.35. The Morgan fingerprint density at radius 3 is 2.36 bits per heavy atom. The van der Waals surface area contributed by atoms with Gasteiger partial charge in [0.15, 0.2) is 0 Å². The van der Waals surface area contributed by atoms with Crippen LogP contribution in [0.3, 0.4) is 0 Å². The lowest BCUT2D eigenvalue weighted by atomic mass is 9.53. The number of hydrogen-bond donors (Lipinski definition) is 1. The van der Waals surface area contributed by atoms with E-state index in [1.165, 1.54) is 43.4 Å². The van der Waals surface area contributed by atoms with Crippen molar-refractivity contribution in [3.05, 3.63) is 29.8 Å². The Morgan fingerprint density at radius 1 is 0.964 bits per heavy atom. The molecular weight excluding hydrogens is 350 g/mol. The fourth-order valence-electron chi connectivity index (χ4n) is 7.17. The monoisotopic (exact) mass is 383 g/mol. The first-order chi connectivity index (χ1) is 13.7. The summed E-state index contributed by atoms with van der Waals surface area (Å²) < 4.78 is 6.87. The minimum absolute atomic E-state index is 0.372. The van der Waals surface area contributed by atoms with Crippen molar-refractivity contribution in [2.75, 3.05) is 5.32 Å². The first kappa shape index (κ1) is 17.7. The second-order valence-corrected chi connectivity index (χ2v) is 10.2. The van der Waals surface area contributed by atoms with Gasteiger partial charge in [-0.25, -0.2) is 0 Å². The molecule has 6 fully saturated rings. The Morgan fingerprint density at radius 2 is 1.68 bits per heavy atom. The van der Waals surface area contributed by atoms with E-state index in [-0.39, 0.29) is 0 Å². The van der Waals surface area contributed by atoms with Crippen LogP contribution >= 0.6 is 0 Å². The van der Waals surface area contributed by atoms with Crippen LogP contribution in [-0.2, 0) is 20.9 Å². The highest BCUT2D eigenvalue weighted by Crippen LogP contribution is 2.63. The SMILES string of the molecule is CCc1ccc(NC2CCCC3(C2)OOC2(O3)C3CC4CC(C3)CC2C4)cc1. The summed E-state index contributed by atoms with van der Waals surface area (Å²) in [6.07, 6.45) is 11.7. The van der Waals surface area contributed by atoms with Gasteiger partial charge in [0.2, 0.25) is 11.6 Å². The molecule has 1 saturated heterocycles. The average Bonchev–Trinajstić information content (AvgIpc) is 3.06. The molecule has 5 aliphatic carbocycles. The molecule has 1 aromatic rings. The molecule has 1 aromatic carbocycles. The van der Waals surface area contributed by atoms with E-state index < -0.39 is 11.6 Å². The maximum Gasteiger partial charge on any atom is 0.210 e. The van der Waals surface area contributed by atoms with E-state index in [1.807, 2.05) is 0 Å². The van der Waals surface area contributed by atoms with E-state index in [4.69, 9.17) is 14.5 Å². The molecule has 5 saturated carbocycles. The molecule has 2 atom stereocenters. The van der Waals surface area contributed by atoms with Gasteiger partial charge in [-0.2, -0.15) is 9.78 Å². The summed E-state index contributed by atoms with van der Waals surface area (Å²) in [4.78, 5) is 12.3. The van der Waals surface area contributed by atoms with E-state index in [0.717, 1.165) is 43.9 Å². The molecule has 1 heterocycles. The summed E-state index contributed by atoms with van der Waals surface area (Å²) in [5.41, 5.74) is 2.58. The van der Waals surface area contributed by atoms with Gasteiger partial charge >= 0.3 is 0 Å². The number of aryl methyl sites for hydroxylation is 1. The Hall–Kier alpha value is -1.10. The molecule has 28 heavy (non-hydrogen) atoms. The largest absolute Gasteiger partial charge is 0.382 e. The standard InChI is InChI=1S/C24H33NO3/c1-2-16-5-7-21(8-6-16)25-22-4-3-9-23(15-22)26-24(28-27-23)19-11-17-10-18(13-19)14-20(24)12-17/h5-8,17-20,22,25H,2-4,9-15H2,1H3. The second-order valence-electron chi connectivity index (χ2n) is 10.2. The van der Waals surface area contributed by atoms with Crippen LogP contribution in [0.2, 0.25) is 0 Å². The van der Waals surface area contributed by atoms with Crippen LogP contribution < -0.4 is 5.32 Å². The molecule has 2 unspecified atom stereocenters. The third kappa shape index (κ3) is 2.75. The first-order valence-corrected chi connectivity index (χ1v) is 11.6. The van der Waals surface area contributed by atoms with Gasteiger partial charge < -0.3 is 10.1 Å². The van der Waals surface area contributed by atoms with E-state index in [9.17, 15) is 0 Å². The van der Waals surface area contributed by atoms with Crippen LogP contribution in [0.25, 0.3) is 0 Å². The van der Waals surface area contributed by atoms with Gasteiger partial charge in [-0.05, 0) is 80.9 Å². The molecule has 152 valence electrons. The Labute approximate surface area is 168 Å². The van der Waals surface area contributed by atoms with Crippen molar-refractivity contribution < 1.29 is 14.5 Å². The number of anilines is 1. The normalized spacial score (nSPS) is 46.5. The van der Waals surface area contributed by atoms with Crippen LogP contribution in [0.1, 0.15) is 70.3 Å². The lowest BCUT2D eigenvalue weighted by Crippen LogP contribution is -2.59. The van der Waals surface area contributed by atoms with Crippen LogP contribution in [-0.4, -0.2) is 17.6 Å². The Bertz CT molecular complexity index is 704. The molecule has 4 heteroatoms. The summed E-state index contributed by atoms with van der Waals surface area (Å²) in [5, 5.41) is 3.72. The minimum atomic E-state index is -0.547. The van der Waals surface area contributed by atoms with Crippen LogP contribution in [0, 0.1) is 23.7 Å². The van der Waals surface area contributed by atoms with E-state index in [2.05, 4.69) is 36.5 Å². The van der Waals surface area contributed by atoms with Crippen LogP contribution in [0.5, 0.6) is 0 Å². The number of benzene rings is 1. The van der Waals surface area contributed by atoms with Gasteiger partial charge in [-0.1, -0.05) is 19.1 Å². The molecule has 1 N–H and O–H groups in total. The van der Waals surface area contributed by atoms with Gasteiger partial charge in [-0.3, -0.25) is 0 Å². The molecule has 1 aliphatic heterocycles. The van der Waals surface area contributed by atoms with Gasteiger partial charge in [0, 0.05) is 36.4 Å². The lowest BCUT2D eigenvalue weighted by molar-refractivity contribution is -0.390. The van der Waals surface area contributed by atoms with Gasteiger partial charge in [0.25, 0.3) is 0 Å². The Kier molecular flexibility index (Phi) is 4.08. The van der Waals surface area contributed by atoms with Gasteiger partial charge in [0.05, 0.1) is 0 Å². The molecule has 2 spiro atoms. The second kappa shape index (κ2) is 6.45. The number of hydrogen-bond acceptors (Lipinski definition) is 4. The summed E-state index contributed by atoms with van der Waals surface area (Å²) in [6.45, 7) is 2.20. The highest BCUT2D eigenvalue weighted by molar-refractivity contribution is 5.45. The topological polar surface area (TPSA) is 39.7 Å². The van der Waals surface area contributed by atoms with Crippen molar-refractivity contribution in [1.29, 1.82) is 0 Å². The molecule has 0 radical (unpaired) electrons.